The zero-order valence-corrected chi connectivity index (χ0v) is 14.0. The van der Waals surface area contributed by atoms with Crippen LogP contribution in [0.4, 0.5) is 0 Å². The lowest BCUT2D eigenvalue weighted by molar-refractivity contribution is -0.131. The molecule has 1 aliphatic heterocycles. The topological polar surface area (TPSA) is 67.2 Å². The first-order chi connectivity index (χ1) is 10.2. The van der Waals surface area contributed by atoms with Crippen LogP contribution >= 0.6 is 23.7 Å². The average Bonchev–Trinajstić information content (AvgIpc) is 3.16. The van der Waals surface area contributed by atoms with Crippen molar-refractivity contribution >= 4 is 39.9 Å². The van der Waals surface area contributed by atoms with E-state index in [0.717, 1.165) is 24.3 Å². The summed E-state index contributed by atoms with van der Waals surface area (Å²) >= 11 is 1.45. The molecule has 1 atom stereocenters. The van der Waals surface area contributed by atoms with Crippen LogP contribution in [0.25, 0.3) is 10.2 Å². The first-order valence-corrected chi connectivity index (χ1v) is 7.94. The molecule has 3 rings (SSSR count). The Labute approximate surface area is 138 Å². The molecule has 1 amide bonds. The van der Waals surface area contributed by atoms with Gasteiger partial charge >= 0.3 is 0 Å². The minimum atomic E-state index is -0.0702. The summed E-state index contributed by atoms with van der Waals surface area (Å²) in [5, 5.41) is 5.73. The van der Waals surface area contributed by atoms with Gasteiger partial charge in [-0.2, -0.15) is 0 Å². The fraction of sp³-hybridized carbons (Fsp3) is 0.500. The number of amides is 1. The molecular formula is C14H19ClN4O2S. The number of fused-ring (bicyclic) bond motifs is 1. The minimum Gasteiger partial charge on any atom is -0.341 e. The summed E-state index contributed by atoms with van der Waals surface area (Å²) in [5.74, 6) is 0.0704. The molecule has 3 heterocycles. The number of likely N-dealkylation sites (N-methyl/N-ethyl adjacent to an activating group) is 1. The summed E-state index contributed by atoms with van der Waals surface area (Å²) in [6, 6.07) is 2.05. The fourth-order valence-electron chi connectivity index (χ4n) is 2.62. The number of aromatic nitrogens is 2. The highest BCUT2D eigenvalue weighted by Gasteiger charge is 2.22. The van der Waals surface area contributed by atoms with E-state index in [2.05, 4.69) is 10.3 Å². The highest BCUT2D eigenvalue weighted by molar-refractivity contribution is 7.16. The number of nitrogens with one attached hydrogen (secondary N) is 1. The largest absolute Gasteiger partial charge is 0.341 e. The fourth-order valence-corrected chi connectivity index (χ4v) is 3.34. The molecule has 22 heavy (non-hydrogen) atoms. The maximum atomic E-state index is 12.2. The van der Waals surface area contributed by atoms with E-state index in [0.29, 0.717) is 18.4 Å². The van der Waals surface area contributed by atoms with E-state index >= 15 is 0 Å². The molecule has 1 unspecified atom stereocenters. The van der Waals surface area contributed by atoms with Crippen molar-refractivity contribution in [1.29, 1.82) is 0 Å². The van der Waals surface area contributed by atoms with Crippen molar-refractivity contribution in [2.75, 3.05) is 20.1 Å². The molecule has 2 aromatic rings. The third kappa shape index (κ3) is 3.31. The second-order valence-corrected chi connectivity index (χ2v) is 6.18. The SMILES string of the molecule is CN(C(=O)CCn1cnc2sccc2c1=O)C1CCNC1.Cl. The molecule has 2 aromatic heterocycles. The Balaban J connectivity index is 0.00000176. The summed E-state index contributed by atoms with van der Waals surface area (Å²) in [6.45, 7) is 2.19. The van der Waals surface area contributed by atoms with Crippen LogP contribution in [0.2, 0.25) is 0 Å². The Morgan fingerprint density at radius 1 is 1.59 bits per heavy atom. The number of thiophene rings is 1. The average molecular weight is 343 g/mol. The maximum Gasteiger partial charge on any atom is 0.262 e. The summed E-state index contributed by atoms with van der Waals surface area (Å²) in [5.41, 5.74) is -0.0702. The van der Waals surface area contributed by atoms with E-state index in [1.807, 2.05) is 12.4 Å². The molecule has 8 heteroatoms. The molecule has 1 saturated heterocycles. The smallest absolute Gasteiger partial charge is 0.262 e. The Morgan fingerprint density at radius 2 is 2.41 bits per heavy atom. The zero-order valence-electron chi connectivity index (χ0n) is 12.3. The lowest BCUT2D eigenvalue weighted by atomic mass is 10.2. The van der Waals surface area contributed by atoms with Gasteiger partial charge in [-0.1, -0.05) is 0 Å². The van der Waals surface area contributed by atoms with Crippen LogP contribution in [0.1, 0.15) is 12.8 Å². The predicted octanol–water partition coefficient (Wildman–Crippen LogP) is 1.09. The quantitative estimate of drug-likeness (QED) is 0.903. The van der Waals surface area contributed by atoms with Crippen LogP contribution in [0.3, 0.4) is 0 Å². The third-order valence-electron chi connectivity index (χ3n) is 3.99. The standard InChI is InChI=1S/C14H18N4O2S.ClH/c1-17(10-2-5-15-8-10)12(19)3-6-18-9-16-13-11(14(18)20)4-7-21-13;/h4,7,9-10,15H,2-3,5-6,8H2,1H3;1H. The van der Waals surface area contributed by atoms with E-state index in [9.17, 15) is 9.59 Å². The van der Waals surface area contributed by atoms with Crippen molar-refractivity contribution in [3.8, 4) is 0 Å². The highest BCUT2D eigenvalue weighted by Crippen LogP contribution is 2.13. The minimum absolute atomic E-state index is 0. The van der Waals surface area contributed by atoms with Crippen molar-refractivity contribution < 1.29 is 4.79 Å². The summed E-state index contributed by atoms with van der Waals surface area (Å²) in [7, 11) is 1.84. The van der Waals surface area contributed by atoms with Crippen molar-refractivity contribution in [1.82, 2.24) is 19.8 Å². The van der Waals surface area contributed by atoms with Gasteiger partial charge in [0.2, 0.25) is 5.91 Å². The molecule has 0 saturated carbocycles. The monoisotopic (exact) mass is 342 g/mol. The normalized spacial score (nSPS) is 17.4. The summed E-state index contributed by atoms with van der Waals surface area (Å²) in [4.78, 5) is 31.2. The number of hydrogen-bond acceptors (Lipinski definition) is 5. The van der Waals surface area contributed by atoms with E-state index in [4.69, 9.17) is 0 Å². The highest BCUT2D eigenvalue weighted by atomic mass is 35.5. The van der Waals surface area contributed by atoms with Gasteiger partial charge in [-0.15, -0.1) is 23.7 Å². The van der Waals surface area contributed by atoms with Crippen LogP contribution in [0.15, 0.2) is 22.6 Å². The molecule has 1 fully saturated rings. The Bertz CT molecular complexity index is 708. The van der Waals surface area contributed by atoms with Gasteiger partial charge in [0.05, 0.1) is 11.7 Å². The van der Waals surface area contributed by atoms with Crippen LogP contribution in [-0.4, -0.2) is 46.5 Å². The van der Waals surface area contributed by atoms with Crippen LogP contribution < -0.4 is 10.9 Å². The Morgan fingerprint density at radius 3 is 3.14 bits per heavy atom. The lowest BCUT2D eigenvalue weighted by Crippen LogP contribution is -2.39. The van der Waals surface area contributed by atoms with Crippen LogP contribution in [0, 0.1) is 0 Å². The van der Waals surface area contributed by atoms with Crippen molar-refractivity contribution in [3.63, 3.8) is 0 Å². The van der Waals surface area contributed by atoms with Crippen LogP contribution in [-0.2, 0) is 11.3 Å². The molecule has 0 spiro atoms. The number of hydrogen-bond donors (Lipinski definition) is 1. The molecule has 0 aromatic carbocycles. The molecule has 0 bridgehead atoms. The first-order valence-electron chi connectivity index (χ1n) is 7.06. The molecule has 6 nitrogen and oxygen atoms in total. The van der Waals surface area contributed by atoms with Gasteiger partial charge in [0.15, 0.2) is 0 Å². The molecule has 1 aliphatic rings. The second kappa shape index (κ2) is 7.21. The van der Waals surface area contributed by atoms with Gasteiger partial charge in [0.1, 0.15) is 4.83 Å². The van der Waals surface area contributed by atoms with Crippen molar-refractivity contribution in [3.05, 3.63) is 28.1 Å². The molecule has 0 radical (unpaired) electrons. The van der Waals surface area contributed by atoms with Gasteiger partial charge in [-0.25, -0.2) is 4.98 Å². The lowest BCUT2D eigenvalue weighted by Gasteiger charge is -2.23. The summed E-state index contributed by atoms with van der Waals surface area (Å²) in [6.07, 6.45) is 2.85. The molecule has 1 N–H and O–H groups in total. The van der Waals surface area contributed by atoms with Gasteiger partial charge in [-0.3, -0.25) is 14.2 Å². The maximum absolute atomic E-state index is 12.2. The van der Waals surface area contributed by atoms with E-state index in [1.165, 1.54) is 22.2 Å². The molecule has 0 aliphatic carbocycles. The third-order valence-corrected chi connectivity index (χ3v) is 4.81. The van der Waals surface area contributed by atoms with E-state index in [1.54, 1.807) is 11.0 Å². The summed E-state index contributed by atoms with van der Waals surface area (Å²) < 4.78 is 1.52. The molecule has 120 valence electrons. The number of carbonyl (C=O) groups excluding carboxylic acids is 1. The number of rotatable bonds is 4. The number of halogens is 1. The number of carbonyl (C=O) groups is 1. The first kappa shape index (κ1) is 16.9. The second-order valence-electron chi connectivity index (χ2n) is 5.28. The van der Waals surface area contributed by atoms with Crippen molar-refractivity contribution in [2.45, 2.75) is 25.4 Å². The van der Waals surface area contributed by atoms with Gasteiger partial charge < -0.3 is 10.2 Å². The Hall–Kier alpha value is -1.44. The van der Waals surface area contributed by atoms with E-state index < -0.39 is 0 Å². The predicted molar refractivity (Wildman–Crippen MR) is 89.8 cm³/mol. The van der Waals surface area contributed by atoms with E-state index in [-0.39, 0.29) is 29.9 Å². The number of nitrogens with zero attached hydrogens (tertiary/aromatic N) is 3. The van der Waals surface area contributed by atoms with Crippen LogP contribution in [0.5, 0.6) is 0 Å². The van der Waals surface area contributed by atoms with Gasteiger partial charge in [0, 0.05) is 32.6 Å². The van der Waals surface area contributed by atoms with Crippen molar-refractivity contribution in [2.24, 2.45) is 0 Å². The zero-order chi connectivity index (χ0) is 14.8. The van der Waals surface area contributed by atoms with Gasteiger partial charge in [-0.05, 0) is 24.4 Å². The molecular weight excluding hydrogens is 324 g/mol. The number of aryl methyl sites for hydroxylation is 1. The van der Waals surface area contributed by atoms with Gasteiger partial charge in [0.25, 0.3) is 5.56 Å². The Kier molecular flexibility index (Phi) is 5.55.